The smallest absolute Gasteiger partial charge is 0.339 e. The van der Waals surface area contributed by atoms with Crippen LogP contribution in [0.3, 0.4) is 0 Å². The zero-order chi connectivity index (χ0) is 20.1. The van der Waals surface area contributed by atoms with Gasteiger partial charge in [-0.25, -0.2) is 4.79 Å². The van der Waals surface area contributed by atoms with E-state index < -0.39 is 5.97 Å². The highest BCUT2D eigenvalue weighted by molar-refractivity contribution is 7.12. The molecule has 0 spiro atoms. The van der Waals surface area contributed by atoms with E-state index in [1.165, 1.54) is 18.4 Å². The molecule has 1 fully saturated rings. The van der Waals surface area contributed by atoms with Gasteiger partial charge in [-0.1, -0.05) is 18.2 Å². The number of ether oxygens (including phenoxy) is 1. The zero-order valence-corrected chi connectivity index (χ0v) is 16.9. The topological polar surface area (TPSA) is 66.9 Å². The fourth-order valence-corrected chi connectivity index (χ4v) is 4.27. The summed E-state index contributed by atoms with van der Waals surface area (Å²) in [5.74, 6) is -0.851. The molecule has 1 aliphatic heterocycles. The molecule has 0 N–H and O–H groups in total. The van der Waals surface area contributed by atoms with E-state index in [0.717, 1.165) is 12.8 Å². The maximum atomic E-state index is 13.3. The van der Waals surface area contributed by atoms with Gasteiger partial charge in [-0.15, -0.1) is 11.3 Å². The molecule has 2 heterocycles. The van der Waals surface area contributed by atoms with E-state index in [-0.39, 0.29) is 17.7 Å². The molecule has 148 valence electrons. The standard InChI is InChI=1S/C21H24N2O4S/c1-3-23(17-10-5-4-9-16(17)21(26)27-2)19(24)15-8-6-12-22(14-15)20(25)18-11-7-13-28-18/h4-5,7,9-11,13,15H,3,6,8,12,14H2,1-2H3. The molecule has 1 aromatic heterocycles. The van der Waals surface area contributed by atoms with E-state index in [0.29, 0.717) is 35.8 Å². The monoisotopic (exact) mass is 400 g/mol. The van der Waals surface area contributed by atoms with Gasteiger partial charge >= 0.3 is 5.97 Å². The van der Waals surface area contributed by atoms with Crippen LogP contribution in [0.1, 0.15) is 39.8 Å². The van der Waals surface area contributed by atoms with Crippen LogP contribution < -0.4 is 4.90 Å². The second-order valence-corrected chi connectivity index (χ2v) is 7.61. The number of methoxy groups -OCH3 is 1. The average Bonchev–Trinajstić information content (AvgIpc) is 3.28. The van der Waals surface area contributed by atoms with Crippen molar-refractivity contribution in [1.29, 1.82) is 0 Å². The van der Waals surface area contributed by atoms with Crippen LogP contribution in [0.2, 0.25) is 0 Å². The summed E-state index contributed by atoms with van der Waals surface area (Å²) in [5.41, 5.74) is 0.908. The number of nitrogens with zero attached hydrogens (tertiary/aromatic N) is 2. The molecule has 1 saturated heterocycles. The summed E-state index contributed by atoms with van der Waals surface area (Å²) in [6.07, 6.45) is 1.51. The van der Waals surface area contributed by atoms with E-state index in [4.69, 9.17) is 4.74 Å². The van der Waals surface area contributed by atoms with E-state index >= 15 is 0 Å². The normalized spacial score (nSPS) is 16.5. The molecule has 3 rings (SSSR count). The van der Waals surface area contributed by atoms with Crippen molar-refractivity contribution < 1.29 is 19.1 Å². The zero-order valence-electron chi connectivity index (χ0n) is 16.1. The maximum Gasteiger partial charge on any atom is 0.339 e. The van der Waals surface area contributed by atoms with Gasteiger partial charge in [0.2, 0.25) is 5.91 Å². The molecule has 28 heavy (non-hydrogen) atoms. The minimum atomic E-state index is -0.472. The van der Waals surface area contributed by atoms with Crippen LogP contribution in [0, 0.1) is 5.92 Å². The molecule has 2 amide bonds. The van der Waals surface area contributed by atoms with Crippen molar-refractivity contribution >= 4 is 34.8 Å². The van der Waals surface area contributed by atoms with Crippen LogP contribution in [0.5, 0.6) is 0 Å². The molecule has 7 heteroatoms. The summed E-state index contributed by atoms with van der Waals surface area (Å²) in [6.45, 7) is 3.36. The average molecular weight is 401 g/mol. The number of carbonyl (C=O) groups is 3. The van der Waals surface area contributed by atoms with Gasteiger partial charge in [-0.05, 0) is 43.3 Å². The third-order valence-electron chi connectivity index (χ3n) is 4.97. The lowest BCUT2D eigenvalue weighted by Gasteiger charge is -2.35. The third-order valence-corrected chi connectivity index (χ3v) is 5.83. The van der Waals surface area contributed by atoms with Gasteiger partial charge in [-0.3, -0.25) is 9.59 Å². The molecule has 1 atom stereocenters. The Morgan fingerprint density at radius 2 is 2.00 bits per heavy atom. The Bertz CT molecular complexity index is 850. The molecular weight excluding hydrogens is 376 g/mol. The number of anilines is 1. The fraction of sp³-hybridized carbons (Fsp3) is 0.381. The molecule has 0 aliphatic carbocycles. The summed E-state index contributed by atoms with van der Waals surface area (Å²) < 4.78 is 4.86. The number of benzene rings is 1. The Labute approximate surface area is 168 Å². The van der Waals surface area contributed by atoms with Crippen molar-refractivity contribution in [3.8, 4) is 0 Å². The Balaban J connectivity index is 1.80. The number of thiophene rings is 1. The molecule has 0 bridgehead atoms. The number of hydrogen-bond donors (Lipinski definition) is 0. The van der Waals surface area contributed by atoms with Crippen LogP contribution in [-0.4, -0.2) is 49.4 Å². The number of piperidine rings is 1. The van der Waals surface area contributed by atoms with Crippen LogP contribution in [-0.2, 0) is 9.53 Å². The minimum absolute atomic E-state index is 0.0227. The van der Waals surface area contributed by atoms with Gasteiger partial charge in [0.1, 0.15) is 0 Å². The van der Waals surface area contributed by atoms with Gasteiger partial charge in [-0.2, -0.15) is 0 Å². The van der Waals surface area contributed by atoms with Gasteiger partial charge in [0.15, 0.2) is 0 Å². The van der Waals surface area contributed by atoms with Gasteiger partial charge in [0.05, 0.1) is 29.2 Å². The molecule has 1 unspecified atom stereocenters. The Kier molecular flexibility index (Phi) is 6.46. The second-order valence-electron chi connectivity index (χ2n) is 6.66. The predicted molar refractivity (Wildman–Crippen MR) is 109 cm³/mol. The van der Waals surface area contributed by atoms with E-state index in [9.17, 15) is 14.4 Å². The lowest BCUT2D eigenvalue weighted by molar-refractivity contribution is -0.123. The van der Waals surface area contributed by atoms with Crippen molar-refractivity contribution in [2.45, 2.75) is 19.8 Å². The Morgan fingerprint density at radius 1 is 1.21 bits per heavy atom. The number of para-hydroxylation sites is 1. The van der Waals surface area contributed by atoms with Crippen LogP contribution >= 0.6 is 11.3 Å². The minimum Gasteiger partial charge on any atom is -0.465 e. The largest absolute Gasteiger partial charge is 0.465 e. The molecule has 1 aromatic carbocycles. The highest BCUT2D eigenvalue weighted by Gasteiger charge is 2.33. The van der Waals surface area contributed by atoms with Crippen molar-refractivity contribution in [1.82, 2.24) is 4.90 Å². The quantitative estimate of drug-likeness (QED) is 0.721. The highest BCUT2D eigenvalue weighted by Crippen LogP contribution is 2.27. The van der Waals surface area contributed by atoms with Crippen molar-refractivity contribution in [3.63, 3.8) is 0 Å². The van der Waals surface area contributed by atoms with Crippen molar-refractivity contribution in [3.05, 3.63) is 52.2 Å². The Hall–Kier alpha value is -2.67. The third kappa shape index (κ3) is 4.09. The second kappa shape index (κ2) is 9.01. The predicted octanol–water partition coefficient (Wildman–Crippen LogP) is 3.44. The lowest BCUT2D eigenvalue weighted by Crippen LogP contribution is -2.47. The lowest BCUT2D eigenvalue weighted by atomic mass is 9.95. The van der Waals surface area contributed by atoms with E-state index in [1.54, 1.807) is 34.1 Å². The van der Waals surface area contributed by atoms with E-state index in [2.05, 4.69) is 0 Å². The van der Waals surface area contributed by atoms with Crippen molar-refractivity contribution in [2.24, 2.45) is 5.92 Å². The fourth-order valence-electron chi connectivity index (χ4n) is 3.58. The van der Waals surface area contributed by atoms with Crippen molar-refractivity contribution in [2.75, 3.05) is 31.6 Å². The number of hydrogen-bond acceptors (Lipinski definition) is 5. The number of likely N-dealkylation sites (tertiary alicyclic amines) is 1. The first kappa shape index (κ1) is 20.1. The molecule has 1 aliphatic rings. The van der Waals surface area contributed by atoms with Gasteiger partial charge in [0.25, 0.3) is 5.91 Å². The molecular formula is C21H24N2O4S. The van der Waals surface area contributed by atoms with Crippen LogP contribution in [0.4, 0.5) is 5.69 Å². The number of esters is 1. The Morgan fingerprint density at radius 3 is 2.68 bits per heavy atom. The molecule has 0 saturated carbocycles. The summed E-state index contributed by atoms with van der Waals surface area (Å²) in [4.78, 5) is 42.1. The number of rotatable bonds is 5. The molecule has 6 nitrogen and oxygen atoms in total. The SMILES string of the molecule is CCN(C(=O)C1CCCN(C(=O)c2cccs2)C1)c1ccccc1C(=O)OC. The van der Waals surface area contributed by atoms with Crippen LogP contribution in [0.15, 0.2) is 41.8 Å². The number of amides is 2. The molecule has 2 aromatic rings. The number of carbonyl (C=O) groups excluding carboxylic acids is 3. The summed E-state index contributed by atoms with van der Waals surface area (Å²) in [7, 11) is 1.33. The highest BCUT2D eigenvalue weighted by atomic mass is 32.1. The van der Waals surface area contributed by atoms with Gasteiger partial charge < -0.3 is 14.5 Å². The maximum absolute atomic E-state index is 13.3. The summed E-state index contributed by atoms with van der Waals surface area (Å²) in [6, 6.07) is 10.6. The van der Waals surface area contributed by atoms with Crippen LogP contribution in [0.25, 0.3) is 0 Å². The first-order valence-corrected chi connectivity index (χ1v) is 10.3. The first-order valence-electron chi connectivity index (χ1n) is 9.38. The summed E-state index contributed by atoms with van der Waals surface area (Å²) in [5, 5.41) is 1.88. The van der Waals surface area contributed by atoms with Gasteiger partial charge in [0, 0.05) is 19.6 Å². The summed E-state index contributed by atoms with van der Waals surface area (Å²) >= 11 is 1.41. The first-order chi connectivity index (χ1) is 13.6. The van der Waals surface area contributed by atoms with E-state index in [1.807, 2.05) is 24.4 Å². The molecule has 0 radical (unpaired) electrons.